The number of hydrogen-bond acceptors (Lipinski definition) is 4. The lowest BCUT2D eigenvalue weighted by Gasteiger charge is -2.34. The summed E-state index contributed by atoms with van der Waals surface area (Å²) in [5, 5.41) is 0. The predicted octanol–water partition coefficient (Wildman–Crippen LogP) is 2.19. The highest BCUT2D eigenvalue weighted by Gasteiger charge is 2.22. The number of methoxy groups -OCH3 is 1. The molecule has 0 N–H and O–H groups in total. The third-order valence-electron chi connectivity index (χ3n) is 4.27. The van der Waals surface area contributed by atoms with Crippen molar-refractivity contribution >= 4 is 5.91 Å². The van der Waals surface area contributed by atoms with E-state index in [2.05, 4.69) is 16.0 Å². The highest BCUT2D eigenvalue weighted by molar-refractivity contribution is 5.94. The van der Waals surface area contributed by atoms with Crippen LogP contribution >= 0.6 is 0 Å². The van der Waals surface area contributed by atoms with Crippen LogP contribution in [0.15, 0.2) is 48.8 Å². The number of piperazine rings is 1. The molecule has 2 heterocycles. The summed E-state index contributed by atoms with van der Waals surface area (Å²) in [7, 11) is 1.66. The predicted molar refractivity (Wildman–Crippen MR) is 92.6 cm³/mol. The molecule has 0 spiro atoms. The van der Waals surface area contributed by atoms with E-state index in [9.17, 15) is 4.79 Å². The van der Waals surface area contributed by atoms with Crippen LogP contribution < -0.4 is 0 Å². The Balaban J connectivity index is 1.56. The van der Waals surface area contributed by atoms with Crippen LogP contribution in [0.5, 0.6) is 0 Å². The minimum absolute atomic E-state index is 0.106. The molecule has 1 aliphatic heterocycles. The first-order valence-electron chi connectivity index (χ1n) is 8.24. The van der Waals surface area contributed by atoms with Gasteiger partial charge in [-0.2, -0.15) is 0 Å². The van der Waals surface area contributed by atoms with Gasteiger partial charge in [-0.25, -0.2) is 0 Å². The maximum Gasteiger partial charge on any atom is 0.253 e. The van der Waals surface area contributed by atoms with Crippen molar-refractivity contribution in [3.63, 3.8) is 0 Å². The zero-order chi connectivity index (χ0) is 16.8. The van der Waals surface area contributed by atoms with E-state index in [4.69, 9.17) is 4.74 Å². The van der Waals surface area contributed by atoms with E-state index < -0.39 is 0 Å². The molecule has 126 valence electrons. The lowest BCUT2D eigenvalue weighted by Crippen LogP contribution is -2.48. The average molecular weight is 325 g/mol. The number of pyridine rings is 1. The van der Waals surface area contributed by atoms with Crippen molar-refractivity contribution < 1.29 is 9.53 Å². The van der Waals surface area contributed by atoms with Gasteiger partial charge in [0.25, 0.3) is 5.91 Å². The zero-order valence-corrected chi connectivity index (χ0v) is 14.0. The number of carbonyl (C=O) groups excluding carboxylic acids is 1. The van der Waals surface area contributed by atoms with Crippen molar-refractivity contribution in [2.45, 2.75) is 13.2 Å². The standard InChI is InChI=1S/C19H23N3O2/c1-24-15-16-4-2-6-18(12-16)19(23)22-10-8-21(9-11-22)14-17-5-3-7-20-13-17/h2-7,12-13H,8-11,14-15H2,1H3. The van der Waals surface area contributed by atoms with Crippen LogP contribution in [-0.2, 0) is 17.9 Å². The largest absolute Gasteiger partial charge is 0.380 e. The van der Waals surface area contributed by atoms with Crippen LogP contribution in [0.1, 0.15) is 21.5 Å². The Morgan fingerprint density at radius 2 is 1.92 bits per heavy atom. The molecule has 5 nitrogen and oxygen atoms in total. The molecule has 0 bridgehead atoms. The molecular weight excluding hydrogens is 302 g/mol. The van der Waals surface area contributed by atoms with Gasteiger partial charge < -0.3 is 9.64 Å². The number of benzene rings is 1. The fourth-order valence-corrected chi connectivity index (χ4v) is 3.00. The molecule has 0 aliphatic carbocycles. The van der Waals surface area contributed by atoms with Gasteiger partial charge in [-0.05, 0) is 29.3 Å². The topological polar surface area (TPSA) is 45.7 Å². The number of hydrogen-bond donors (Lipinski definition) is 0. The second-order valence-corrected chi connectivity index (χ2v) is 6.06. The lowest BCUT2D eigenvalue weighted by atomic mass is 10.1. The number of rotatable bonds is 5. The molecule has 0 atom stereocenters. The quantitative estimate of drug-likeness (QED) is 0.845. The monoisotopic (exact) mass is 325 g/mol. The number of carbonyl (C=O) groups is 1. The van der Waals surface area contributed by atoms with Gasteiger partial charge >= 0.3 is 0 Å². The molecule has 5 heteroatoms. The molecule has 2 aromatic rings. The molecule has 24 heavy (non-hydrogen) atoms. The van der Waals surface area contributed by atoms with E-state index in [0.717, 1.165) is 43.9 Å². The first kappa shape index (κ1) is 16.6. The molecule has 1 aromatic heterocycles. The average Bonchev–Trinajstić information content (AvgIpc) is 2.63. The summed E-state index contributed by atoms with van der Waals surface area (Å²) in [6.45, 7) is 4.71. The minimum Gasteiger partial charge on any atom is -0.380 e. The fourth-order valence-electron chi connectivity index (χ4n) is 3.00. The van der Waals surface area contributed by atoms with Gasteiger partial charge in [0, 0.05) is 57.8 Å². The van der Waals surface area contributed by atoms with Crippen LogP contribution in [0.2, 0.25) is 0 Å². The minimum atomic E-state index is 0.106. The maximum absolute atomic E-state index is 12.7. The van der Waals surface area contributed by atoms with Crippen LogP contribution in [0.25, 0.3) is 0 Å². The third-order valence-corrected chi connectivity index (χ3v) is 4.27. The molecule has 1 saturated heterocycles. The van der Waals surface area contributed by atoms with Gasteiger partial charge in [0.15, 0.2) is 0 Å². The SMILES string of the molecule is COCc1cccc(C(=O)N2CCN(Cc3cccnc3)CC2)c1. The molecule has 1 aliphatic rings. The maximum atomic E-state index is 12.7. The highest BCUT2D eigenvalue weighted by Crippen LogP contribution is 2.13. The summed E-state index contributed by atoms with van der Waals surface area (Å²) in [4.78, 5) is 21.1. The van der Waals surface area contributed by atoms with Gasteiger partial charge in [-0.15, -0.1) is 0 Å². The van der Waals surface area contributed by atoms with Crippen molar-refractivity contribution in [3.05, 3.63) is 65.5 Å². The molecule has 0 radical (unpaired) electrons. The number of nitrogens with zero attached hydrogens (tertiary/aromatic N) is 3. The lowest BCUT2D eigenvalue weighted by molar-refractivity contribution is 0.0628. The van der Waals surface area contributed by atoms with Crippen LogP contribution in [0, 0.1) is 0 Å². The second-order valence-electron chi connectivity index (χ2n) is 6.06. The number of aromatic nitrogens is 1. The second kappa shape index (κ2) is 8.04. The van der Waals surface area contributed by atoms with E-state index >= 15 is 0 Å². The Labute approximate surface area is 142 Å². The van der Waals surface area contributed by atoms with Gasteiger partial charge in [0.05, 0.1) is 6.61 Å². The molecular formula is C19H23N3O2. The number of ether oxygens (including phenoxy) is 1. The smallest absolute Gasteiger partial charge is 0.253 e. The number of amides is 1. The van der Waals surface area contributed by atoms with Crippen molar-refractivity contribution in [2.75, 3.05) is 33.3 Å². The van der Waals surface area contributed by atoms with E-state index in [1.54, 1.807) is 13.3 Å². The summed E-state index contributed by atoms with van der Waals surface area (Å²) in [5.74, 6) is 0.106. The van der Waals surface area contributed by atoms with Crippen LogP contribution in [0.4, 0.5) is 0 Å². The zero-order valence-electron chi connectivity index (χ0n) is 14.0. The Morgan fingerprint density at radius 3 is 2.62 bits per heavy atom. The Morgan fingerprint density at radius 1 is 1.12 bits per heavy atom. The van der Waals surface area contributed by atoms with Crippen LogP contribution in [0.3, 0.4) is 0 Å². The molecule has 1 fully saturated rings. The van der Waals surface area contributed by atoms with Gasteiger partial charge in [-0.1, -0.05) is 18.2 Å². The Hall–Kier alpha value is -2.24. The van der Waals surface area contributed by atoms with Crippen molar-refractivity contribution in [1.82, 2.24) is 14.8 Å². The summed E-state index contributed by atoms with van der Waals surface area (Å²) in [5.41, 5.74) is 2.98. The summed E-state index contributed by atoms with van der Waals surface area (Å²) in [6.07, 6.45) is 3.69. The summed E-state index contributed by atoms with van der Waals surface area (Å²) < 4.78 is 5.14. The Bertz CT molecular complexity index is 667. The normalized spacial score (nSPS) is 15.5. The van der Waals surface area contributed by atoms with Gasteiger partial charge in [0.2, 0.25) is 0 Å². The molecule has 1 aromatic carbocycles. The van der Waals surface area contributed by atoms with E-state index in [-0.39, 0.29) is 5.91 Å². The van der Waals surface area contributed by atoms with E-state index in [1.807, 2.05) is 41.4 Å². The fraction of sp³-hybridized carbons (Fsp3) is 0.368. The molecule has 3 rings (SSSR count). The third kappa shape index (κ3) is 4.19. The highest BCUT2D eigenvalue weighted by atomic mass is 16.5. The summed E-state index contributed by atoms with van der Waals surface area (Å²) in [6, 6.07) is 11.7. The summed E-state index contributed by atoms with van der Waals surface area (Å²) >= 11 is 0. The molecule has 1 amide bonds. The first-order valence-corrected chi connectivity index (χ1v) is 8.24. The Kier molecular flexibility index (Phi) is 5.56. The van der Waals surface area contributed by atoms with E-state index in [0.29, 0.717) is 6.61 Å². The van der Waals surface area contributed by atoms with Gasteiger partial charge in [-0.3, -0.25) is 14.7 Å². The van der Waals surface area contributed by atoms with Crippen molar-refractivity contribution in [1.29, 1.82) is 0 Å². The van der Waals surface area contributed by atoms with Crippen molar-refractivity contribution in [2.24, 2.45) is 0 Å². The van der Waals surface area contributed by atoms with Crippen molar-refractivity contribution in [3.8, 4) is 0 Å². The first-order chi connectivity index (χ1) is 11.8. The van der Waals surface area contributed by atoms with Crippen LogP contribution in [-0.4, -0.2) is 54.0 Å². The van der Waals surface area contributed by atoms with Gasteiger partial charge in [0.1, 0.15) is 0 Å². The molecule has 0 unspecified atom stereocenters. The van der Waals surface area contributed by atoms with E-state index in [1.165, 1.54) is 5.56 Å². The molecule has 0 saturated carbocycles.